The first-order chi connectivity index (χ1) is 13.0. The number of methoxy groups -OCH3 is 1. The van der Waals surface area contributed by atoms with Crippen molar-refractivity contribution in [1.29, 1.82) is 0 Å². The van der Waals surface area contributed by atoms with Crippen molar-refractivity contribution in [3.05, 3.63) is 23.8 Å². The van der Waals surface area contributed by atoms with Crippen molar-refractivity contribution in [2.45, 2.75) is 71.9 Å². The summed E-state index contributed by atoms with van der Waals surface area (Å²) in [5.41, 5.74) is 0.761. The summed E-state index contributed by atoms with van der Waals surface area (Å²) in [4.78, 5) is 24.5. The molecular weight excluding hydrogens is 344 g/mol. The Labute approximate surface area is 163 Å². The molecule has 0 radical (unpaired) electrons. The number of benzene rings is 1. The number of nitrogens with one attached hydrogen (secondary N) is 2. The van der Waals surface area contributed by atoms with Gasteiger partial charge in [-0.25, -0.2) is 0 Å². The standard InChI is InChI=1S/C21H34N2O4/c1-5-8-10-19(24)22-21(23-20(25)11-9-6-2)16-12-13-17(26-4)18(15-16)27-14-7-3/h12-13,15,21H,5-11,14H2,1-4H3,(H,22,24)(H,23,25). The quantitative estimate of drug-likeness (QED) is 0.507. The van der Waals surface area contributed by atoms with E-state index >= 15 is 0 Å². The maximum Gasteiger partial charge on any atom is 0.221 e. The monoisotopic (exact) mass is 378 g/mol. The van der Waals surface area contributed by atoms with Gasteiger partial charge in [-0.15, -0.1) is 0 Å². The average molecular weight is 379 g/mol. The molecule has 0 heterocycles. The maximum atomic E-state index is 12.2. The lowest BCUT2D eigenvalue weighted by atomic mass is 10.1. The zero-order valence-corrected chi connectivity index (χ0v) is 17.1. The van der Waals surface area contributed by atoms with E-state index in [0.717, 1.165) is 37.7 Å². The van der Waals surface area contributed by atoms with Crippen molar-refractivity contribution in [3.8, 4) is 11.5 Å². The number of amides is 2. The first kappa shape index (κ1) is 22.8. The number of unbranched alkanes of at least 4 members (excludes halogenated alkanes) is 2. The largest absolute Gasteiger partial charge is 0.493 e. The Bertz CT molecular complexity index is 568. The van der Waals surface area contributed by atoms with Crippen LogP contribution >= 0.6 is 0 Å². The first-order valence-corrected chi connectivity index (χ1v) is 9.95. The highest BCUT2D eigenvalue weighted by Crippen LogP contribution is 2.30. The lowest BCUT2D eigenvalue weighted by molar-refractivity contribution is -0.124. The number of hydrogen-bond donors (Lipinski definition) is 2. The fraction of sp³-hybridized carbons (Fsp3) is 0.619. The van der Waals surface area contributed by atoms with Crippen LogP contribution < -0.4 is 20.1 Å². The van der Waals surface area contributed by atoms with Crippen LogP contribution in [0.5, 0.6) is 11.5 Å². The van der Waals surface area contributed by atoms with E-state index in [0.29, 0.717) is 30.9 Å². The molecule has 0 saturated heterocycles. The molecule has 0 saturated carbocycles. The first-order valence-electron chi connectivity index (χ1n) is 9.95. The SMILES string of the molecule is CCCCC(=O)NC(NC(=O)CCCC)c1ccc(OC)c(OCCC)c1. The van der Waals surface area contributed by atoms with E-state index in [9.17, 15) is 9.59 Å². The lowest BCUT2D eigenvalue weighted by Gasteiger charge is -2.22. The molecule has 0 aliphatic rings. The maximum absolute atomic E-state index is 12.2. The Hall–Kier alpha value is -2.24. The molecule has 0 bridgehead atoms. The van der Waals surface area contributed by atoms with Gasteiger partial charge in [-0.3, -0.25) is 9.59 Å². The fourth-order valence-corrected chi connectivity index (χ4v) is 2.54. The average Bonchev–Trinajstić information content (AvgIpc) is 2.68. The van der Waals surface area contributed by atoms with Crippen molar-refractivity contribution >= 4 is 11.8 Å². The Balaban J connectivity index is 3.01. The second-order valence-electron chi connectivity index (χ2n) is 6.53. The third-order valence-electron chi connectivity index (χ3n) is 4.11. The normalized spacial score (nSPS) is 10.6. The van der Waals surface area contributed by atoms with Gasteiger partial charge in [0.1, 0.15) is 6.17 Å². The summed E-state index contributed by atoms with van der Waals surface area (Å²) < 4.78 is 11.1. The summed E-state index contributed by atoms with van der Waals surface area (Å²) >= 11 is 0. The topological polar surface area (TPSA) is 76.7 Å². The van der Waals surface area contributed by atoms with Crippen molar-refractivity contribution in [1.82, 2.24) is 10.6 Å². The van der Waals surface area contributed by atoms with Gasteiger partial charge in [0, 0.05) is 12.8 Å². The molecular formula is C21H34N2O4. The van der Waals surface area contributed by atoms with Crippen LogP contribution in [0.3, 0.4) is 0 Å². The van der Waals surface area contributed by atoms with Gasteiger partial charge in [-0.05, 0) is 37.0 Å². The number of ether oxygens (including phenoxy) is 2. The molecule has 6 heteroatoms. The van der Waals surface area contributed by atoms with E-state index in [2.05, 4.69) is 10.6 Å². The van der Waals surface area contributed by atoms with Gasteiger partial charge >= 0.3 is 0 Å². The highest BCUT2D eigenvalue weighted by molar-refractivity contribution is 5.79. The van der Waals surface area contributed by atoms with Gasteiger partial charge in [0.2, 0.25) is 11.8 Å². The molecule has 152 valence electrons. The van der Waals surface area contributed by atoms with Gasteiger partial charge in [0.25, 0.3) is 0 Å². The van der Waals surface area contributed by atoms with Crippen molar-refractivity contribution in [2.24, 2.45) is 0 Å². The molecule has 1 aromatic rings. The zero-order chi connectivity index (χ0) is 20.1. The van der Waals surface area contributed by atoms with Crippen LogP contribution in [0.4, 0.5) is 0 Å². The summed E-state index contributed by atoms with van der Waals surface area (Å²) in [6, 6.07) is 5.45. The van der Waals surface area contributed by atoms with Crippen LogP contribution in [0.25, 0.3) is 0 Å². The second kappa shape index (κ2) is 13.0. The van der Waals surface area contributed by atoms with Crippen LogP contribution in [0.2, 0.25) is 0 Å². The van der Waals surface area contributed by atoms with Gasteiger partial charge in [-0.2, -0.15) is 0 Å². The van der Waals surface area contributed by atoms with Crippen LogP contribution in [0.1, 0.15) is 77.4 Å². The molecule has 6 nitrogen and oxygen atoms in total. The summed E-state index contributed by atoms with van der Waals surface area (Å²) in [6.07, 6.45) is 4.68. The molecule has 0 aromatic heterocycles. The Kier molecular flexibility index (Phi) is 11.0. The van der Waals surface area contributed by atoms with Crippen LogP contribution in [-0.2, 0) is 9.59 Å². The van der Waals surface area contributed by atoms with E-state index in [1.807, 2.05) is 32.9 Å². The second-order valence-corrected chi connectivity index (χ2v) is 6.53. The molecule has 1 rings (SSSR count). The molecule has 0 fully saturated rings. The number of hydrogen-bond acceptors (Lipinski definition) is 4. The molecule has 1 aromatic carbocycles. The highest BCUT2D eigenvalue weighted by Gasteiger charge is 2.19. The minimum atomic E-state index is -0.589. The number of rotatable bonds is 13. The van der Waals surface area contributed by atoms with Crippen molar-refractivity contribution in [2.75, 3.05) is 13.7 Å². The molecule has 27 heavy (non-hydrogen) atoms. The smallest absolute Gasteiger partial charge is 0.221 e. The Morgan fingerprint density at radius 3 is 2.00 bits per heavy atom. The van der Waals surface area contributed by atoms with Crippen molar-refractivity contribution in [3.63, 3.8) is 0 Å². The molecule has 0 aliphatic carbocycles. The van der Waals surface area contributed by atoms with E-state index < -0.39 is 6.17 Å². The molecule has 0 spiro atoms. The number of carbonyl (C=O) groups is 2. The number of carbonyl (C=O) groups excluding carboxylic acids is 2. The van der Waals surface area contributed by atoms with Gasteiger partial charge in [-0.1, -0.05) is 39.7 Å². The lowest BCUT2D eigenvalue weighted by Crippen LogP contribution is -2.41. The predicted molar refractivity (Wildman–Crippen MR) is 107 cm³/mol. The summed E-state index contributed by atoms with van der Waals surface area (Å²) in [7, 11) is 1.59. The minimum absolute atomic E-state index is 0.0792. The van der Waals surface area contributed by atoms with E-state index in [1.54, 1.807) is 13.2 Å². The molecule has 0 unspecified atom stereocenters. The van der Waals surface area contributed by atoms with Gasteiger partial charge in [0.15, 0.2) is 11.5 Å². The van der Waals surface area contributed by atoms with Crippen LogP contribution in [0, 0.1) is 0 Å². The fourth-order valence-electron chi connectivity index (χ4n) is 2.54. The predicted octanol–water partition coefficient (Wildman–Crippen LogP) is 4.10. The van der Waals surface area contributed by atoms with Gasteiger partial charge in [0.05, 0.1) is 13.7 Å². The van der Waals surface area contributed by atoms with Crippen LogP contribution in [0.15, 0.2) is 18.2 Å². The Morgan fingerprint density at radius 2 is 1.52 bits per heavy atom. The van der Waals surface area contributed by atoms with Crippen LogP contribution in [-0.4, -0.2) is 25.5 Å². The Morgan fingerprint density at radius 1 is 0.926 bits per heavy atom. The summed E-state index contributed by atoms with van der Waals surface area (Å²) in [5, 5.41) is 5.86. The zero-order valence-electron chi connectivity index (χ0n) is 17.1. The highest BCUT2D eigenvalue weighted by atomic mass is 16.5. The summed E-state index contributed by atoms with van der Waals surface area (Å²) in [5.74, 6) is 1.07. The van der Waals surface area contributed by atoms with Gasteiger partial charge < -0.3 is 20.1 Å². The van der Waals surface area contributed by atoms with E-state index in [-0.39, 0.29) is 11.8 Å². The van der Waals surface area contributed by atoms with Crippen molar-refractivity contribution < 1.29 is 19.1 Å². The molecule has 2 amide bonds. The van der Waals surface area contributed by atoms with E-state index in [4.69, 9.17) is 9.47 Å². The molecule has 0 aliphatic heterocycles. The molecule has 2 N–H and O–H groups in total. The summed E-state index contributed by atoms with van der Waals surface area (Å²) in [6.45, 7) is 6.67. The van der Waals surface area contributed by atoms with E-state index in [1.165, 1.54) is 0 Å². The third-order valence-corrected chi connectivity index (χ3v) is 4.11. The minimum Gasteiger partial charge on any atom is -0.493 e. The molecule has 0 atom stereocenters. The third kappa shape index (κ3) is 8.33.